The van der Waals surface area contributed by atoms with Crippen LogP contribution in [0.1, 0.15) is 53.8 Å². The Morgan fingerprint density at radius 1 is 1.14 bits per heavy atom. The largest absolute Gasteiger partial charge is 0.491 e. The molecular weight excluding hydrogens is 489 g/mol. The number of hydrogen-bond donors (Lipinski definition) is 2. The summed E-state index contributed by atoms with van der Waals surface area (Å²) in [6.45, 7) is 4.93. The number of halogens is 2. The smallest absolute Gasteiger partial charge is 0.255 e. The lowest BCUT2D eigenvalue weighted by atomic mass is 10.0. The Morgan fingerprint density at radius 3 is 2.66 bits per heavy atom. The lowest BCUT2D eigenvalue weighted by molar-refractivity contribution is -0.122. The first-order chi connectivity index (χ1) is 16.7. The second kappa shape index (κ2) is 12.8. The van der Waals surface area contributed by atoms with Crippen molar-refractivity contribution in [3.63, 3.8) is 0 Å². The highest BCUT2D eigenvalue weighted by atomic mass is 35.5. The summed E-state index contributed by atoms with van der Waals surface area (Å²) >= 11 is 12.4. The molecular formula is C26H31Cl2N3O4. The van der Waals surface area contributed by atoms with Crippen LogP contribution in [0.4, 0.5) is 0 Å². The minimum absolute atomic E-state index is 0.1000. The topological polar surface area (TPSA) is 87.7 Å². The summed E-state index contributed by atoms with van der Waals surface area (Å²) in [5.74, 6) is -0.177. The van der Waals surface area contributed by atoms with Crippen LogP contribution in [-0.2, 0) is 4.79 Å². The fourth-order valence-electron chi connectivity index (χ4n) is 3.96. The number of benzene rings is 2. The second-order valence-electron chi connectivity index (χ2n) is 9.02. The van der Waals surface area contributed by atoms with Crippen LogP contribution in [0, 0.1) is 5.92 Å². The van der Waals surface area contributed by atoms with Crippen molar-refractivity contribution in [2.45, 2.75) is 39.2 Å². The molecule has 35 heavy (non-hydrogen) atoms. The third-order valence-corrected chi connectivity index (χ3v) is 6.18. The molecule has 1 aliphatic rings. The zero-order valence-corrected chi connectivity index (χ0v) is 21.5. The highest BCUT2D eigenvalue weighted by Crippen LogP contribution is 2.24. The van der Waals surface area contributed by atoms with E-state index >= 15 is 0 Å². The summed E-state index contributed by atoms with van der Waals surface area (Å²) in [5.41, 5.74) is 0.695. The van der Waals surface area contributed by atoms with E-state index in [0.29, 0.717) is 65.2 Å². The molecule has 0 aromatic heterocycles. The Balaban J connectivity index is 1.84. The Morgan fingerprint density at radius 2 is 1.91 bits per heavy atom. The van der Waals surface area contributed by atoms with Crippen LogP contribution in [0.15, 0.2) is 42.5 Å². The summed E-state index contributed by atoms with van der Waals surface area (Å²) in [6.07, 6.45) is 1.88. The van der Waals surface area contributed by atoms with E-state index in [2.05, 4.69) is 24.5 Å². The van der Waals surface area contributed by atoms with Gasteiger partial charge in [0.25, 0.3) is 11.8 Å². The molecule has 0 saturated heterocycles. The van der Waals surface area contributed by atoms with E-state index in [4.69, 9.17) is 27.9 Å². The van der Waals surface area contributed by atoms with Gasteiger partial charge in [-0.3, -0.25) is 14.4 Å². The number of nitrogens with one attached hydrogen (secondary N) is 2. The van der Waals surface area contributed by atoms with Gasteiger partial charge < -0.3 is 20.3 Å². The van der Waals surface area contributed by atoms with Crippen LogP contribution in [0.3, 0.4) is 0 Å². The minimum Gasteiger partial charge on any atom is -0.491 e. The summed E-state index contributed by atoms with van der Waals surface area (Å²) in [6, 6.07) is 11.4. The van der Waals surface area contributed by atoms with Gasteiger partial charge in [-0.05, 0) is 55.5 Å². The van der Waals surface area contributed by atoms with Crippen molar-refractivity contribution < 1.29 is 19.1 Å². The fourth-order valence-corrected chi connectivity index (χ4v) is 4.35. The molecule has 9 heteroatoms. The molecule has 0 aliphatic carbocycles. The molecule has 7 nitrogen and oxygen atoms in total. The second-order valence-corrected chi connectivity index (χ2v) is 9.86. The Hall–Kier alpha value is -2.77. The van der Waals surface area contributed by atoms with E-state index in [1.54, 1.807) is 42.5 Å². The average molecular weight is 520 g/mol. The van der Waals surface area contributed by atoms with E-state index in [-0.39, 0.29) is 36.9 Å². The van der Waals surface area contributed by atoms with Gasteiger partial charge in [0, 0.05) is 18.1 Å². The Kier molecular flexibility index (Phi) is 9.81. The van der Waals surface area contributed by atoms with E-state index in [1.807, 2.05) is 0 Å². The zero-order valence-electron chi connectivity index (χ0n) is 20.0. The van der Waals surface area contributed by atoms with Crippen molar-refractivity contribution in [1.82, 2.24) is 15.5 Å². The summed E-state index contributed by atoms with van der Waals surface area (Å²) in [7, 11) is 0. The predicted octanol–water partition coefficient (Wildman–Crippen LogP) is 4.57. The molecule has 2 aromatic carbocycles. The number of rotatable bonds is 3. The predicted molar refractivity (Wildman–Crippen MR) is 137 cm³/mol. The van der Waals surface area contributed by atoms with Crippen molar-refractivity contribution in [2.24, 2.45) is 5.92 Å². The SMILES string of the molecule is CC(C)C[C@H]1COc2ccc(Cl)cc2C(=O)NCCCCN(C(=O)c2ccccc2Cl)CC(=O)N1. The van der Waals surface area contributed by atoms with Gasteiger partial charge in [0.15, 0.2) is 0 Å². The monoisotopic (exact) mass is 519 g/mol. The Labute approximate surface area is 216 Å². The third kappa shape index (κ3) is 7.87. The van der Waals surface area contributed by atoms with Gasteiger partial charge in [0.2, 0.25) is 5.91 Å². The van der Waals surface area contributed by atoms with Gasteiger partial charge in [-0.25, -0.2) is 0 Å². The average Bonchev–Trinajstić information content (AvgIpc) is 2.81. The van der Waals surface area contributed by atoms with Crippen LogP contribution in [0.5, 0.6) is 5.75 Å². The normalized spacial score (nSPS) is 18.0. The first-order valence-electron chi connectivity index (χ1n) is 11.8. The van der Waals surface area contributed by atoms with Gasteiger partial charge in [0.05, 0.1) is 28.7 Å². The molecule has 0 radical (unpaired) electrons. The van der Waals surface area contributed by atoms with Gasteiger partial charge in [-0.2, -0.15) is 0 Å². The van der Waals surface area contributed by atoms with E-state index < -0.39 is 0 Å². The zero-order chi connectivity index (χ0) is 25.4. The molecule has 0 bridgehead atoms. The quantitative estimate of drug-likeness (QED) is 0.621. The van der Waals surface area contributed by atoms with Crippen LogP contribution in [-0.4, -0.2) is 54.9 Å². The van der Waals surface area contributed by atoms with E-state index in [9.17, 15) is 14.4 Å². The molecule has 0 fully saturated rings. The van der Waals surface area contributed by atoms with Crippen LogP contribution in [0.25, 0.3) is 0 Å². The van der Waals surface area contributed by atoms with Gasteiger partial charge in [0.1, 0.15) is 12.4 Å². The van der Waals surface area contributed by atoms with Gasteiger partial charge in [-0.1, -0.05) is 49.2 Å². The van der Waals surface area contributed by atoms with E-state index in [1.165, 1.54) is 4.90 Å². The lowest BCUT2D eigenvalue weighted by Gasteiger charge is -2.25. The molecule has 0 saturated carbocycles. The molecule has 0 unspecified atom stereocenters. The summed E-state index contributed by atoms with van der Waals surface area (Å²) in [5, 5.41) is 6.66. The molecule has 1 heterocycles. The third-order valence-electron chi connectivity index (χ3n) is 5.61. The molecule has 2 aromatic rings. The molecule has 188 valence electrons. The number of amides is 3. The highest BCUT2D eigenvalue weighted by Gasteiger charge is 2.24. The van der Waals surface area contributed by atoms with Crippen LogP contribution < -0.4 is 15.4 Å². The Bertz CT molecular complexity index is 1060. The van der Waals surface area contributed by atoms with Gasteiger partial charge >= 0.3 is 0 Å². The number of nitrogens with zero attached hydrogens (tertiary/aromatic N) is 1. The van der Waals surface area contributed by atoms with Crippen LogP contribution in [0.2, 0.25) is 10.0 Å². The summed E-state index contributed by atoms with van der Waals surface area (Å²) < 4.78 is 5.98. The molecule has 2 N–H and O–H groups in total. The summed E-state index contributed by atoms with van der Waals surface area (Å²) in [4.78, 5) is 40.5. The molecule has 1 aliphatic heterocycles. The van der Waals surface area contributed by atoms with Crippen molar-refractivity contribution >= 4 is 40.9 Å². The standard InChI is InChI=1S/C26H31Cl2N3O4/c1-17(2)13-19-16-35-23-10-9-18(27)14-21(23)25(33)29-11-5-6-12-31(15-24(32)30-19)26(34)20-7-3-4-8-22(20)28/h3-4,7-10,14,17,19H,5-6,11-13,15-16H2,1-2H3,(H,29,33)(H,30,32)/t19-/m0/s1. The maximum Gasteiger partial charge on any atom is 0.255 e. The van der Waals surface area contributed by atoms with Crippen molar-refractivity contribution in [2.75, 3.05) is 26.2 Å². The van der Waals surface area contributed by atoms with Gasteiger partial charge in [-0.15, -0.1) is 0 Å². The minimum atomic E-state index is -0.309. The maximum atomic E-state index is 13.2. The lowest BCUT2D eigenvalue weighted by Crippen LogP contribution is -2.46. The molecule has 0 spiro atoms. The first-order valence-corrected chi connectivity index (χ1v) is 12.5. The molecule has 3 amide bonds. The van der Waals surface area contributed by atoms with Crippen molar-refractivity contribution in [1.29, 1.82) is 0 Å². The van der Waals surface area contributed by atoms with E-state index in [0.717, 1.165) is 0 Å². The fraction of sp³-hybridized carbons (Fsp3) is 0.423. The first kappa shape index (κ1) is 26.8. The van der Waals surface area contributed by atoms with Crippen molar-refractivity contribution in [3.8, 4) is 5.75 Å². The molecule has 1 atom stereocenters. The number of hydrogen-bond acceptors (Lipinski definition) is 4. The number of fused-ring (bicyclic) bond motifs is 1. The molecule has 3 rings (SSSR count). The van der Waals surface area contributed by atoms with Crippen LogP contribution >= 0.6 is 23.2 Å². The number of carbonyl (C=O) groups is 3. The highest BCUT2D eigenvalue weighted by molar-refractivity contribution is 6.33. The van der Waals surface area contributed by atoms with Crippen molar-refractivity contribution in [3.05, 3.63) is 63.6 Å². The number of ether oxygens (including phenoxy) is 1. The maximum absolute atomic E-state index is 13.2. The number of carbonyl (C=O) groups excluding carboxylic acids is 3.